The lowest BCUT2D eigenvalue weighted by molar-refractivity contribution is 0.256. The molecule has 8 unspecified atom stereocenters. The Kier molecular flexibility index (Phi) is 6.03. The number of rotatable bonds is 7. The maximum atomic E-state index is 9.89. The zero-order chi connectivity index (χ0) is 23.4. The van der Waals surface area contributed by atoms with Gasteiger partial charge < -0.3 is 5.11 Å². The van der Waals surface area contributed by atoms with Crippen molar-refractivity contribution in [3.8, 4) is 5.75 Å². The fourth-order valence-electron chi connectivity index (χ4n) is 9.08. The largest absolute Gasteiger partial charge is 0.508 e. The molecule has 1 nitrogen and oxygen atoms in total. The zero-order valence-corrected chi connectivity index (χ0v) is 21.6. The van der Waals surface area contributed by atoms with Crippen molar-refractivity contribution in [2.75, 3.05) is 0 Å². The number of unbranched alkanes of at least 4 members (excludes halogenated alkanes) is 1. The second kappa shape index (κ2) is 9.03. The predicted molar refractivity (Wildman–Crippen MR) is 141 cm³/mol. The van der Waals surface area contributed by atoms with Crippen LogP contribution >= 0.6 is 0 Å². The Morgan fingerprint density at radius 2 is 1.38 bits per heavy atom. The van der Waals surface area contributed by atoms with Gasteiger partial charge in [-0.2, -0.15) is 0 Å². The summed E-state index contributed by atoms with van der Waals surface area (Å²) in [5.74, 6) is 7.84. The summed E-state index contributed by atoms with van der Waals surface area (Å²) in [5, 5.41) is 9.89. The third kappa shape index (κ3) is 4.12. The van der Waals surface area contributed by atoms with E-state index >= 15 is 0 Å². The molecule has 0 spiro atoms. The number of aromatic hydroxyl groups is 1. The maximum absolute atomic E-state index is 9.89. The summed E-state index contributed by atoms with van der Waals surface area (Å²) in [6.07, 6.45) is 14.7. The van der Waals surface area contributed by atoms with E-state index in [0.29, 0.717) is 5.75 Å². The lowest BCUT2D eigenvalue weighted by atomic mass is 9.74. The Morgan fingerprint density at radius 1 is 0.647 bits per heavy atom. The number of hydrogen-bond donors (Lipinski definition) is 1. The van der Waals surface area contributed by atoms with Gasteiger partial charge in [0.1, 0.15) is 5.75 Å². The molecular weight excluding hydrogens is 412 g/mol. The molecule has 4 aliphatic carbocycles. The van der Waals surface area contributed by atoms with E-state index in [2.05, 4.69) is 44.2 Å². The molecule has 4 bridgehead atoms. The molecule has 0 aromatic heterocycles. The maximum Gasteiger partial charge on any atom is 0.118 e. The zero-order valence-electron chi connectivity index (χ0n) is 21.6. The molecular formula is C33H44O. The normalized spacial score (nSPS) is 36.0. The topological polar surface area (TPSA) is 20.2 Å². The van der Waals surface area contributed by atoms with Gasteiger partial charge in [0.2, 0.25) is 0 Å². The smallest absolute Gasteiger partial charge is 0.118 e. The molecule has 2 aromatic rings. The van der Waals surface area contributed by atoms with Crippen molar-refractivity contribution in [3.05, 3.63) is 64.2 Å². The summed E-state index contributed by atoms with van der Waals surface area (Å²) in [5.41, 5.74) is 7.08. The molecule has 0 saturated heterocycles. The van der Waals surface area contributed by atoms with Crippen LogP contribution in [0.15, 0.2) is 36.4 Å². The molecule has 1 heteroatoms. The lowest BCUT2D eigenvalue weighted by Gasteiger charge is -2.31. The van der Waals surface area contributed by atoms with Crippen molar-refractivity contribution in [2.24, 2.45) is 35.5 Å². The standard InChI is InChI=1S/C33H44O/c1-20-8-9-27(12-21(20)2)32-16-23-14-25(31(32)15-23)7-5-4-6-24-17-29-18-28(24)19-30(29)26-10-11-33(34)22(3)13-26/h8-13,23-25,28-32,34H,4-7,14-19H2,1-3H3. The average Bonchev–Trinajstić information content (AvgIpc) is 3.60. The number of hydrogen-bond acceptors (Lipinski definition) is 1. The third-order valence-electron chi connectivity index (χ3n) is 11.0. The highest BCUT2D eigenvalue weighted by Gasteiger charge is 2.47. The van der Waals surface area contributed by atoms with Gasteiger partial charge in [0.15, 0.2) is 0 Å². The molecule has 0 radical (unpaired) electrons. The average molecular weight is 457 g/mol. The fourth-order valence-corrected chi connectivity index (χ4v) is 9.08. The summed E-state index contributed by atoms with van der Waals surface area (Å²) in [6, 6.07) is 13.6. The van der Waals surface area contributed by atoms with Gasteiger partial charge in [-0.05, 0) is 141 Å². The molecule has 1 N–H and O–H groups in total. The predicted octanol–water partition coefficient (Wildman–Crippen LogP) is 8.84. The molecule has 4 aliphatic rings. The monoisotopic (exact) mass is 456 g/mol. The molecule has 34 heavy (non-hydrogen) atoms. The second-order valence-corrected chi connectivity index (χ2v) is 12.9. The van der Waals surface area contributed by atoms with E-state index in [1.54, 1.807) is 5.56 Å². The van der Waals surface area contributed by atoms with Crippen LogP contribution in [0.1, 0.15) is 104 Å². The first-order valence-electron chi connectivity index (χ1n) is 14.3. The molecule has 8 atom stereocenters. The van der Waals surface area contributed by atoms with Crippen molar-refractivity contribution < 1.29 is 5.11 Å². The molecule has 0 amide bonds. The van der Waals surface area contributed by atoms with Gasteiger partial charge in [-0.15, -0.1) is 0 Å². The number of phenolic OH excluding ortho intramolecular Hbond substituents is 1. The first-order valence-corrected chi connectivity index (χ1v) is 14.3. The van der Waals surface area contributed by atoms with Crippen LogP contribution in [0.25, 0.3) is 0 Å². The number of benzene rings is 2. The van der Waals surface area contributed by atoms with Crippen LogP contribution in [0.3, 0.4) is 0 Å². The van der Waals surface area contributed by atoms with Gasteiger partial charge in [-0.1, -0.05) is 56.0 Å². The van der Waals surface area contributed by atoms with E-state index in [1.165, 1.54) is 80.9 Å². The summed E-state index contributed by atoms with van der Waals surface area (Å²) in [6.45, 7) is 6.56. The Hall–Kier alpha value is -1.76. The van der Waals surface area contributed by atoms with Gasteiger partial charge in [0.05, 0.1) is 0 Å². The van der Waals surface area contributed by atoms with Crippen molar-refractivity contribution in [2.45, 2.75) is 96.8 Å². The minimum absolute atomic E-state index is 0.445. The number of aryl methyl sites for hydroxylation is 3. The van der Waals surface area contributed by atoms with Crippen molar-refractivity contribution in [3.63, 3.8) is 0 Å². The molecule has 0 heterocycles. The van der Waals surface area contributed by atoms with Crippen LogP contribution in [0.2, 0.25) is 0 Å². The minimum Gasteiger partial charge on any atom is -0.508 e. The van der Waals surface area contributed by atoms with E-state index in [0.717, 1.165) is 52.9 Å². The third-order valence-corrected chi connectivity index (χ3v) is 11.0. The van der Waals surface area contributed by atoms with Crippen molar-refractivity contribution in [1.82, 2.24) is 0 Å². The quantitative estimate of drug-likeness (QED) is 0.413. The number of fused-ring (bicyclic) bond motifs is 4. The van der Waals surface area contributed by atoms with E-state index in [9.17, 15) is 5.11 Å². The lowest BCUT2D eigenvalue weighted by Crippen LogP contribution is -2.19. The first kappa shape index (κ1) is 22.7. The Labute approximate surface area is 207 Å². The van der Waals surface area contributed by atoms with E-state index in [4.69, 9.17) is 0 Å². The second-order valence-electron chi connectivity index (χ2n) is 12.9. The van der Waals surface area contributed by atoms with Gasteiger partial charge in [-0.25, -0.2) is 0 Å². The van der Waals surface area contributed by atoms with Crippen molar-refractivity contribution >= 4 is 0 Å². The summed E-state index contributed by atoms with van der Waals surface area (Å²) < 4.78 is 0. The molecule has 182 valence electrons. The highest BCUT2D eigenvalue weighted by molar-refractivity contribution is 5.37. The van der Waals surface area contributed by atoms with Crippen LogP contribution in [-0.4, -0.2) is 5.11 Å². The van der Waals surface area contributed by atoms with E-state index < -0.39 is 0 Å². The van der Waals surface area contributed by atoms with Crippen molar-refractivity contribution in [1.29, 1.82) is 0 Å². The summed E-state index contributed by atoms with van der Waals surface area (Å²) >= 11 is 0. The molecule has 4 saturated carbocycles. The van der Waals surface area contributed by atoms with E-state index in [-0.39, 0.29) is 0 Å². The first-order chi connectivity index (χ1) is 16.5. The van der Waals surface area contributed by atoms with Gasteiger partial charge in [-0.3, -0.25) is 0 Å². The molecule has 6 rings (SSSR count). The van der Waals surface area contributed by atoms with Gasteiger partial charge >= 0.3 is 0 Å². The number of phenols is 1. The molecule has 2 aromatic carbocycles. The van der Waals surface area contributed by atoms with Gasteiger partial charge in [0, 0.05) is 0 Å². The highest BCUT2D eigenvalue weighted by atomic mass is 16.3. The Morgan fingerprint density at radius 3 is 2.09 bits per heavy atom. The van der Waals surface area contributed by atoms with Crippen LogP contribution < -0.4 is 0 Å². The minimum atomic E-state index is 0.445. The van der Waals surface area contributed by atoms with Crippen LogP contribution in [0, 0.1) is 56.3 Å². The Balaban J connectivity index is 0.976. The van der Waals surface area contributed by atoms with Crippen LogP contribution in [-0.2, 0) is 0 Å². The summed E-state index contributed by atoms with van der Waals surface area (Å²) in [7, 11) is 0. The van der Waals surface area contributed by atoms with Crippen LogP contribution in [0.4, 0.5) is 0 Å². The SMILES string of the molecule is Cc1ccc(C2CC3CC(CCCCC4CC5CC4CC5c4ccc(O)c(C)c4)C2C3)cc1C. The fraction of sp³-hybridized carbons (Fsp3) is 0.636. The highest BCUT2D eigenvalue weighted by Crippen LogP contribution is 2.58. The summed E-state index contributed by atoms with van der Waals surface area (Å²) in [4.78, 5) is 0. The van der Waals surface area contributed by atoms with E-state index in [1.807, 2.05) is 13.0 Å². The Bertz CT molecular complexity index is 1040. The van der Waals surface area contributed by atoms with Crippen LogP contribution in [0.5, 0.6) is 5.75 Å². The van der Waals surface area contributed by atoms with Gasteiger partial charge in [0.25, 0.3) is 0 Å². The molecule has 0 aliphatic heterocycles. The molecule has 4 fully saturated rings.